The van der Waals surface area contributed by atoms with Crippen molar-refractivity contribution in [1.29, 1.82) is 0 Å². The molecule has 0 radical (unpaired) electrons. The van der Waals surface area contributed by atoms with E-state index in [0.29, 0.717) is 30.4 Å². The van der Waals surface area contributed by atoms with Gasteiger partial charge in [-0.1, -0.05) is 11.2 Å². The van der Waals surface area contributed by atoms with E-state index in [2.05, 4.69) is 31.3 Å². The van der Waals surface area contributed by atoms with Gasteiger partial charge in [0, 0.05) is 22.5 Å². The van der Waals surface area contributed by atoms with Gasteiger partial charge in [0.1, 0.15) is 5.82 Å². The van der Waals surface area contributed by atoms with Crippen molar-refractivity contribution in [2.45, 2.75) is 12.8 Å². The molecule has 0 spiro atoms. The number of hydrogen-bond acceptors (Lipinski definition) is 2. The number of amides is 1. The van der Waals surface area contributed by atoms with E-state index in [1.807, 2.05) is 0 Å². The molecule has 7 heteroatoms. The van der Waals surface area contributed by atoms with E-state index in [9.17, 15) is 9.18 Å². The average molecular weight is 315 g/mol. The van der Waals surface area contributed by atoms with Crippen LogP contribution in [0.5, 0.6) is 0 Å². The molecule has 0 heterocycles. The van der Waals surface area contributed by atoms with Gasteiger partial charge in [-0.05, 0) is 46.4 Å². The Balaban J connectivity index is 2.43. The number of carbonyl (C=O) groups excluding carboxylic acids is 1. The van der Waals surface area contributed by atoms with Gasteiger partial charge in [0.25, 0.3) is 5.91 Å². The number of nitrogens with one attached hydrogen (secondary N) is 1. The Kier molecular flexibility index (Phi) is 6.18. The van der Waals surface area contributed by atoms with Gasteiger partial charge in [0.15, 0.2) is 0 Å². The molecule has 1 amide bonds. The molecule has 1 rings (SSSR count). The highest BCUT2D eigenvalue weighted by atomic mass is 79.9. The van der Waals surface area contributed by atoms with Crippen LogP contribution in [0.25, 0.3) is 10.4 Å². The highest BCUT2D eigenvalue weighted by molar-refractivity contribution is 9.10. The molecule has 0 aromatic heterocycles. The Morgan fingerprint density at radius 1 is 1.50 bits per heavy atom. The van der Waals surface area contributed by atoms with Crippen molar-refractivity contribution in [3.8, 4) is 0 Å². The third kappa shape index (κ3) is 4.35. The van der Waals surface area contributed by atoms with Crippen molar-refractivity contribution in [3.63, 3.8) is 0 Å². The Labute approximate surface area is 112 Å². The number of rotatable bonds is 6. The van der Waals surface area contributed by atoms with E-state index in [1.165, 1.54) is 12.1 Å². The van der Waals surface area contributed by atoms with Gasteiger partial charge < -0.3 is 5.32 Å². The van der Waals surface area contributed by atoms with Gasteiger partial charge in [0.2, 0.25) is 0 Å². The van der Waals surface area contributed by atoms with Crippen LogP contribution in [0, 0.1) is 5.82 Å². The fourth-order valence-corrected chi connectivity index (χ4v) is 1.88. The first kappa shape index (κ1) is 14.5. The number of carbonyl (C=O) groups is 1. The van der Waals surface area contributed by atoms with Gasteiger partial charge in [0.05, 0.1) is 5.56 Å². The minimum Gasteiger partial charge on any atom is -0.352 e. The number of benzene rings is 1. The maximum Gasteiger partial charge on any atom is 0.255 e. The number of azide groups is 1. The van der Waals surface area contributed by atoms with Crippen LogP contribution in [0.1, 0.15) is 23.2 Å². The third-order valence-electron chi connectivity index (χ3n) is 2.22. The molecule has 0 aliphatic carbocycles. The van der Waals surface area contributed by atoms with Crippen LogP contribution < -0.4 is 5.32 Å². The Morgan fingerprint density at radius 2 is 2.28 bits per heavy atom. The van der Waals surface area contributed by atoms with Crippen LogP contribution in [0.2, 0.25) is 0 Å². The molecule has 1 aromatic carbocycles. The van der Waals surface area contributed by atoms with Crippen molar-refractivity contribution in [2.24, 2.45) is 5.11 Å². The van der Waals surface area contributed by atoms with Crippen LogP contribution in [0.15, 0.2) is 27.8 Å². The molecule has 96 valence electrons. The molecule has 5 nitrogen and oxygen atoms in total. The molecule has 0 atom stereocenters. The molecule has 0 unspecified atom stereocenters. The summed E-state index contributed by atoms with van der Waals surface area (Å²) >= 11 is 3.13. The monoisotopic (exact) mass is 314 g/mol. The summed E-state index contributed by atoms with van der Waals surface area (Å²) in [6.07, 6.45) is 1.36. The smallest absolute Gasteiger partial charge is 0.255 e. The largest absolute Gasteiger partial charge is 0.352 e. The summed E-state index contributed by atoms with van der Waals surface area (Å²) in [6, 6.07) is 4.37. The summed E-state index contributed by atoms with van der Waals surface area (Å²) in [5.74, 6) is -1.01. The zero-order valence-electron chi connectivity index (χ0n) is 9.57. The summed E-state index contributed by atoms with van der Waals surface area (Å²) < 4.78 is 13.9. The molecule has 0 aliphatic heterocycles. The zero-order valence-corrected chi connectivity index (χ0v) is 11.2. The standard InChI is InChI=1S/C11H12BrFN4O/c12-8-4-3-5-9(13)10(8)11(18)15-6-1-2-7-16-17-14/h3-5H,1-2,6-7H2,(H,15,18). The van der Waals surface area contributed by atoms with E-state index in [0.717, 1.165) is 0 Å². The topological polar surface area (TPSA) is 77.9 Å². The van der Waals surface area contributed by atoms with Gasteiger partial charge in [-0.2, -0.15) is 0 Å². The summed E-state index contributed by atoms with van der Waals surface area (Å²) in [5, 5.41) is 5.99. The Hall–Kier alpha value is -1.59. The predicted octanol–water partition coefficient (Wildman–Crippen LogP) is 3.41. The average Bonchev–Trinajstić information content (AvgIpc) is 2.33. The molecular weight excluding hydrogens is 303 g/mol. The molecule has 18 heavy (non-hydrogen) atoms. The normalized spacial score (nSPS) is 9.67. The van der Waals surface area contributed by atoms with Crippen LogP contribution >= 0.6 is 15.9 Å². The quantitative estimate of drug-likeness (QED) is 0.371. The van der Waals surface area contributed by atoms with Gasteiger partial charge >= 0.3 is 0 Å². The second-order valence-corrected chi connectivity index (χ2v) is 4.37. The van der Waals surface area contributed by atoms with Crippen molar-refractivity contribution in [2.75, 3.05) is 13.1 Å². The zero-order chi connectivity index (χ0) is 13.4. The van der Waals surface area contributed by atoms with Crippen molar-refractivity contribution >= 4 is 21.8 Å². The van der Waals surface area contributed by atoms with Crippen LogP contribution in [0.3, 0.4) is 0 Å². The van der Waals surface area contributed by atoms with Crippen LogP contribution in [0.4, 0.5) is 4.39 Å². The second kappa shape index (κ2) is 7.68. The fraction of sp³-hybridized carbons (Fsp3) is 0.364. The fourth-order valence-electron chi connectivity index (χ4n) is 1.36. The summed E-state index contributed by atoms with van der Waals surface area (Å²) in [6.45, 7) is 0.816. The lowest BCUT2D eigenvalue weighted by molar-refractivity contribution is 0.0948. The molecular formula is C11H12BrFN4O. The summed E-state index contributed by atoms with van der Waals surface area (Å²) in [4.78, 5) is 14.3. The van der Waals surface area contributed by atoms with Gasteiger partial charge in [-0.15, -0.1) is 0 Å². The van der Waals surface area contributed by atoms with E-state index < -0.39 is 11.7 Å². The molecule has 0 bridgehead atoms. The number of hydrogen-bond donors (Lipinski definition) is 1. The second-order valence-electron chi connectivity index (χ2n) is 3.51. The molecule has 0 saturated carbocycles. The van der Waals surface area contributed by atoms with E-state index in [4.69, 9.17) is 5.53 Å². The molecule has 1 aromatic rings. The minimum absolute atomic E-state index is 0.00699. The first-order chi connectivity index (χ1) is 8.66. The summed E-state index contributed by atoms with van der Waals surface area (Å²) in [5.41, 5.74) is 8.07. The first-order valence-corrected chi connectivity index (χ1v) is 6.19. The van der Waals surface area contributed by atoms with Crippen molar-refractivity contribution < 1.29 is 9.18 Å². The lowest BCUT2D eigenvalue weighted by atomic mass is 10.2. The highest BCUT2D eigenvalue weighted by Crippen LogP contribution is 2.19. The highest BCUT2D eigenvalue weighted by Gasteiger charge is 2.14. The predicted molar refractivity (Wildman–Crippen MR) is 69.7 cm³/mol. The molecule has 0 aliphatic rings. The van der Waals surface area contributed by atoms with Crippen molar-refractivity contribution in [1.82, 2.24) is 5.32 Å². The summed E-state index contributed by atoms with van der Waals surface area (Å²) in [7, 11) is 0. The number of unbranched alkanes of at least 4 members (excludes halogenated alkanes) is 1. The molecule has 0 saturated heterocycles. The van der Waals surface area contributed by atoms with E-state index >= 15 is 0 Å². The number of halogens is 2. The van der Waals surface area contributed by atoms with Gasteiger partial charge in [-0.3, -0.25) is 4.79 Å². The lowest BCUT2D eigenvalue weighted by Gasteiger charge is -2.07. The van der Waals surface area contributed by atoms with E-state index in [1.54, 1.807) is 6.07 Å². The third-order valence-corrected chi connectivity index (χ3v) is 2.88. The first-order valence-electron chi connectivity index (χ1n) is 5.40. The maximum atomic E-state index is 13.4. The SMILES string of the molecule is [N-]=[N+]=NCCCCNC(=O)c1c(F)cccc1Br. The Bertz CT molecular complexity index is 454. The van der Waals surface area contributed by atoms with E-state index in [-0.39, 0.29) is 5.56 Å². The van der Waals surface area contributed by atoms with Crippen LogP contribution in [-0.2, 0) is 0 Å². The maximum absolute atomic E-state index is 13.4. The Morgan fingerprint density at radius 3 is 2.94 bits per heavy atom. The van der Waals surface area contributed by atoms with Gasteiger partial charge in [-0.25, -0.2) is 4.39 Å². The van der Waals surface area contributed by atoms with Crippen LogP contribution in [-0.4, -0.2) is 19.0 Å². The lowest BCUT2D eigenvalue weighted by Crippen LogP contribution is -2.25. The molecule has 0 fully saturated rings. The number of nitrogens with zero attached hydrogens (tertiary/aromatic N) is 3. The van der Waals surface area contributed by atoms with Crippen molar-refractivity contribution in [3.05, 3.63) is 44.5 Å². The minimum atomic E-state index is -0.559. The molecule has 1 N–H and O–H groups in total.